The first-order chi connectivity index (χ1) is 7.90. The third kappa shape index (κ3) is 3.00. The lowest BCUT2D eigenvalue weighted by Gasteiger charge is -2.35. The molecule has 1 fully saturated rings. The largest absolute Gasteiger partial charge is 0.318 e. The number of rotatable bonds is 4. The molecule has 0 spiro atoms. The van der Waals surface area contributed by atoms with Gasteiger partial charge in [0, 0.05) is 25.0 Å². The number of nitrogens with zero attached hydrogens (tertiary/aromatic N) is 3. The predicted octanol–water partition coefficient (Wildman–Crippen LogP) is 1.05. The average molecular weight is 220 g/mol. The van der Waals surface area contributed by atoms with Gasteiger partial charge in [-0.3, -0.25) is 4.90 Å². The van der Waals surface area contributed by atoms with E-state index in [0.29, 0.717) is 6.04 Å². The minimum atomic E-state index is 0.641. The number of likely N-dealkylation sites (tertiary alicyclic amines) is 1. The molecule has 1 N–H and O–H groups in total. The Kier molecular flexibility index (Phi) is 4.25. The molecule has 1 aromatic rings. The zero-order valence-electron chi connectivity index (χ0n) is 9.89. The first-order valence-electron chi connectivity index (χ1n) is 6.04. The molecule has 1 saturated heterocycles. The van der Waals surface area contributed by atoms with E-state index in [2.05, 4.69) is 20.2 Å². The third-order valence-electron chi connectivity index (χ3n) is 3.15. The van der Waals surface area contributed by atoms with Crippen LogP contribution in [0.3, 0.4) is 0 Å². The number of hydrogen-bond donors (Lipinski definition) is 1. The summed E-state index contributed by atoms with van der Waals surface area (Å²) in [5, 5.41) is 3.27. The standard InChI is InChI=1S/C12H20N4/c1-13-9-11-5-2-3-8-16(11)10-12-14-6-4-7-15-12/h4,6-7,11,13H,2-3,5,8-10H2,1H3. The first-order valence-corrected chi connectivity index (χ1v) is 6.04. The van der Waals surface area contributed by atoms with Crippen LogP contribution in [0, 0.1) is 0 Å². The van der Waals surface area contributed by atoms with Gasteiger partial charge in [0.1, 0.15) is 5.82 Å². The van der Waals surface area contributed by atoms with Gasteiger partial charge in [-0.1, -0.05) is 6.42 Å². The molecule has 0 amide bonds. The van der Waals surface area contributed by atoms with Crippen LogP contribution in [0.4, 0.5) is 0 Å². The molecule has 4 nitrogen and oxygen atoms in total. The van der Waals surface area contributed by atoms with Gasteiger partial charge in [-0.15, -0.1) is 0 Å². The van der Waals surface area contributed by atoms with Crippen molar-refractivity contribution in [3.63, 3.8) is 0 Å². The lowest BCUT2D eigenvalue weighted by molar-refractivity contribution is 0.136. The average Bonchev–Trinajstić information content (AvgIpc) is 2.33. The molecule has 4 heteroatoms. The maximum atomic E-state index is 4.29. The van der Waals surface area contributed by atoms with Crippen LogP contribution in [-0.4, -0.2) is 41.0 Å². The fourth-order valence-corrected chi connectivity index (χ4v) is 2.33. The van der Waals surface area contributed by atoms with E-state index >= 15 is 0 Å². The Labute approximate surface area is 97.1 Å². The summed E-state index contributed by atoms with van der Waals surface area (Å²) in [4.78, 5) is 11.1. The Bertz CT molecular complexity index is 299. The monoisotopic (exact) mass is 220 g/mol. The zero-order chi connectivity index (χ0) is 11.2. The van der Waals surface area contributed by atoms with Gasteiger partial charge in [-0.05, 0) is 32.5 Å². The van der Waals surface area contributed by atoms with Gasteiger partial charge < -0.3 is 5.32 Å². The van der Waals surface area contributed by atoms with E-state index in [9.17, 15) is 0 Å². The summed E-state index contributed by atoms with van der Waals surface area (Å²) in [5.41, 5.74) is 0. The van der Waals surface area contributed by atoms with Crippen molar-refractivity contribution >= 4 is 0 Å². The van der Waals surface area contributed by atoms with Crippen molar-refractivity contribution in [1.82, 2.24) is 20.2 Å². The van der Waals surface area contributed by atoms with Crippen LogP contribution in [0.2, 0.25) is 0 Å². The molecule has 0 radical (unpaired) electrons. The molecule has 0 saturated carbocycles. The Morgan fingerprint density at radius 3 is 2.94 bits per heavy atom. The van der Waals surface area contributed by atoms with E-state index in [-0.39, 0.29) is 0 Å². The fourth-order valence-electron chi connectivity index (χ4n) is 2.33. The molecule has 16 heavy (non-hydrogen) atoms. The topological polar surface area (TPSA) is 41.0 Å². The molecule has 0 aliphatic carbocycles. The molecular weight excluding hydrogens is 200 g/mol. The summed E-state index contributed by atoms with van der Waals surface area (Å²) in [6.45, 7) is 3.12. The molecule has 0 bridgehead atoms. The van der Waals surface area contributed by atoms with Gasteiger partial charge in [-0.2, -0.15) is 0 Å². The summed E-state index contributed by atoms with van der Waals surface area (Å²) in [6.07, 6.45) is 7.57. The number of nitrogens with one attached hydrogen (secondary N) is 1. The van der Waals surface area contributed by atoms with Gasteiger partial charge in [0.25, 0.3) is 0 Å². The van der Waals surface area contributed by atoms with Crippen molar-refractivity contribution in [2.24, 2.45) is 0 Å². The van der Waals surface area contributed by atoms with E-state index in [1.807, 2.05) is 25.5 Å². The highest BCUT2D eigenvalue weighted by molar-refractivity contribution is 4.90. The molecule has 1 atom stereocenters. The summed E-state index contributed by atoms with van der Waals surface area (Å²) in [5.74, 6) is 0.936. The van der Waals surface area contributed by atoms with Crippen LogP contribution in [-0.2, 0) is 6.54 Å². The maximum absolute atomic E-state index is 4.29. The molecule has 88 valence electrons. The van der Waals surface area contributed by atoms with Gasteiger partial charge in [0.2, 0.25) is 0 Å². The van der Waals surface area contributed by atoms with E-state index in [1.54, 1.807) is 0 Å². The summed E-state index contributed by atoms with van der Waals surface area (Å²) in [6, 6.07) is 2.51. The van der Waals surface area contributed by atoms with E-state index in [1.165, 1.54) is 25.8 Å². The van der Waals surface area contributed by atoms with Crippen LogP contribution in [0.1, 0.15) is 25.1 Å². The van der Waals surface area contributed by atoms with Crippen LogP contribution in [0.25, 0.3) is 0 Å². The summed E-state index contributed by atoms with van der Waals surface area (Å²) in [7, 11) is 2.02. The maximum Gasteiger partial charge on any atom is 0.142 e. The van der Waals surface area contributed by atoms with Gasteiger partial charge in [-0.25, -0.2) is 9.97 Å². The first kappa shape index (κ1) is 11.5. The highest BCUT2D eigenvalue weighted by Gasteiger charge is 2.22. The van der Waals surface area contributed by atoms with Crippen LogP contribution < -0.4 is 5.32 Å². The number of hydrogen-bond acceptors (Lipinski definition) is 4. The third-order valence-corrected chi connectivity index (χ3v) is 3.15. The van der Waals surface area contributed by atoms with Gasteiger partial charge >= 0.3 is 0 Å². The predicted molar refractivity (Wildman–Crippen MR) is 64.0 cm³/mol. The van der Waals surface area contributed by atoms with Crippen LogP contribution >= 0.6 is 0 Å². The van der Waals surface area contributed by atoms with Crippen molar-refractivity contribution in [3.05, 3.63) is 24.3 Å². The molecule has 1 aromatic heterocycles. The van der Waals surface area contributed by atoms with Crippen molar-refractivity contribution in [2.75, 3.05) is 20.1 Å². The quantitative estimate of drug-likeness (QED) is 0.823. The second-order valence-electron chi connectivity index (χ2n) is 4.34. The number of likely N-dealkylation sites (N-methyl/N-ethyl adjacent to an activating group) is 1. The smallest absolute Gasteiger partial charge is 0.142 e. The van der Waals surface area contributed by atoms with E-state index in [4.69, 9.17) is 0 Å². The van der Waals surface area contributed by atoms with Crippen LogP contribution in [0.15, 0.2) is 18.5 Å². The minimum absolute atomic E-state index is 0.641. The lowest BCUT2D eigenvalue weighted by Crippen LogP contribution is -2.44. The van der Waals surface area contributed by atoms with Gasteiger partial charge in [0.15, 0.2) is 0 Å². The normalized spacial score (nSPS) is 22.2. The SMILES string of the molecule is CNCC1CCCCN1Cc1ncccn1. The summed E-state index contributed by atoms with van der Waals surface area (Å²) >= 11 is 0. The Balaban J connectivity index is 1.96. The minimum Gasteiger partial charge on any atom is -0.318 e. The van der Waals surface area contributed by atoms with Gasteiger partial charge in [0.05, 0.1) is 6.54 Å². The molecule has 0 aromatic carbocycles. The van der Waals surface area contributed by atoms with E-state index in [0.717, 1.165) is 18.9 Å². The number of piperidine rings is 1. The molecule has 1 aliphatic heterocycles. The van der Waals surface area contributed by atoms with Crippen molar-refractivity contribution in [2.45, 2.75) is 31.8 Å². The highest BCUT2D eigenvalue weighted by Crippen LogP contribution is 2.17. The Morgan fingerprint density at radius 1 is 1.38 bits per heavy atom. The highest BCUT2D eigenvalue weighted by atomic mass is 15.2. The Hall–Kier alpha value is -1.00. The lowest BCUT2D eigenvalue weighted by atomic mass is 10.0. The fraction of sp³-hybridized carbons (Fsp3) is 0.667. The van der Waals surface area contributed by atoms with Crippen molar-refractivity contribution in [1.29, 1.82) is 0 Å². The second-order valence-corrected chi connectivity index (χ2v) is 4.34. The Morgan fingerprint density at radius 2 is 2.19 bits per heavy atom. The molecule has 2 heterocycles. The number of aromatic nitrogens is 2. The summed E-state index contributed by atoms with van der Waals surface area (Å²) < 4.78 is 0. The molecule has 1 unspecified atom stereocenters. The molecule has 1 aliphatic rings. The van der Waals surface area contributed by atoms with Crippen molar-refractivity contribution in [3.8, 4) is 0 Å². The second kappa shape index (κ2) is 5.92. The molecular formula is C12H20N4. The van der Waals surface area contributed by atoms with Crippen LogP contribution in [0.5, 0.6) is 0 Å². The zero-order valence-corrected chi connectivity index (χ0v) is 9.89. The molecule has 2 rings (SSSR count). The van der Waals surface area contributed by atoms with Crippen molar-refractivity contribution < 1.29 is 0 Å². The van der Waals surface area contributed by atoms with E-state index < -0.39 is 0 Å².